The molecular formula is C25H47NO3Si2. The highest BCUT2D eigenvalue weighted by Gasteiger charge is 2.52. The second kappa shape index (κ2) is 9.39. The predicted molar refractivity (Wildman–Crippen MR) is 137 cm³/mol. The Morgan fingerprint density at radius 2 is 1.42 bits per heavy atom. The number of hydrogen-bond donors (Lipinski definition) is 1. The Bertz CT molecular complexity index is 710. The molecule has 0 aliphatic carbocycles. The molecule has 1 N–H and O–H groups in total. The standard InChI is InChI=1S/C25H47NO3Si2/c1-19(20-15-13-12-14-16-20)26-17-22(28-30(8,9)24(2,3)4)23(21(26)18-27)29-31(10,11)25(5,6)7/h12-16,19,21-23,27H,17-18H2,1-11H3/t19-,21+,22+,23+/m1/s1. The van der Waals surface area contributed by atoms with E-state index in [1.54, 1.807) is 0 Å². The highest BCUT2D eigenvalue weighted by Crippen LogP contribution is 2.44. The van der Waals surface area contributed by atoms with Gasteiger partial charge in [-0.3, -0.25) is 4.90 Å². The van der Waals surface area contributed by atoms with Crippen molar-refractivity contribution in [2.24, 2.45) is 0 Å². The Morgan fingerprint density at radius 1 is 0.935 bits per heavy atom. The van der Waals surface area contributed by atoms with Crippen molar-refractivity contribution in [3.8, 4) is 0 Å². The van der Waals surface area contributed by atoms with Crippen LogP contribution in [0.2, 0.25) is 36.3 Å². The van der Waals surface area contributed by atoms with Crippen molar-refractivity contribution in [1.29, 1.82) is 0 Å². The summed E-state index contributed by atoms with van der Waals surface area (Å²) in [4.78, 5) is 2.41. The fourth-order valence-corrected chi connectivity index (χ4v) is 6.45. The summed E-state index contributed by atoms with van der Waals surface area (Å²) >= 11 is 0. The maximum atomic E-state index is 10.5. The molecule has 0 saturated carbocycles. The zero-order chi connectivity index (χ0) is 23.8. The van der Waals surface area contributed by atoms with Crippen LogP contribution in [0, 0.1) is 0 Å². The number of benzene rings is 1. The zero-order valence-electron chi connectivity index (χ0n) is 21.8. The zero-order valence-corrected chi connectivity index (χ0v) is 23.8. The third-order valence-electron chi connectivity index (χ3n) is 8.02. The van der Waals surface area contributed by atoms with Crippen molar-refractivity contribution in [3.05, 3.63) is 35.9 Å². The summed E-state index contributed by atoms with van der Waals surface area (Å²) in [5.41, 5.74) is 1.26. The molecule has 1 aromatic carbocycles. The van der Waals surface area contributed by atoms with Gasteiger partial charge >= 0.3 is 0 Å². The van der Waals surface area contributed by atoms with E-state index in [2.05, 4.69) is 110 Å². The highest BCUT2D eigenvalue weighted by atomic mass is 28.4. The summed E-state index contributed by atoms with van der Waals surface area (Å²) < 4.78 is 14.0. The van der Waals surface area contributed by atoms with Crippen molar-refractivity contribution >= 4 is 16.6 Å². The molecule has 1 heterocycles. The molecule has 0 amide bonds. The van der Waals surface area contributed by atoms with E-state index in [0.717, 1.165) is 6.54 Å². The molecule has 4 nitrogen and oxygen atoms in total. The largest absolute Gasteiger partial charge is 0.410 e. The minimum Gasteiger partial charge on any atom is -0.410 e. The molecule has 0 spiro atoms. The van der Waals surface area contributed by atoms with Crippen LogP contribution >= 0.6 is 0 Å². The molecule has 0 aromatic heterocycles. The van der Waals surface area contributed by atoms with Gasteiger partial charge in [0.15, 0.2) is 16.6 Å². The van der Waals surface area contributed by atoms with Gasteiger partial charge in [-0.15, -0.1) is 0 Å². The lowest BCUT2D eigenvalue weighted by molar-refractivity contribution is 0.0295. The number of aliphatic hydroxyl groups excluding tert-OH is 1. The van der Waals surface area contributed by atoms with Crippen LogP contribution in [0.3, 0.4) is 0 Å². The SMILES string of the molecule is C[C@H](c1ccccc1)N1C[C@H](O[Si](C)(C)C(C)(C)C)[C@@H](O[Si](C)(C)C(C)(C)C)[C@@H]1CO. The lowest BCUT2D eigenvalue weighted by atomic mass is 10.1. The first-order valence-electron chi connectivity index (χ1n) is 11.8. The fraction of sp³-hybridized carbons (Fsp3) is 0.760. The normalized spacial score (nSPS) is 25.1. The Hall–Kier alpha value is -0.506. The Morgan fingerprint density at radius 3 is 1.87 bits per heavy atom. The predicted octanol–water partition coefficient (Wildman–Crippen LogP) is 6.20. The van der Waals surface area contributed by atoms with Gasteiger partial charge in [-0.05, 0) is 48.8 Å². The minimum absolute atomic E-state index is 0.0293. The van der Waals surface area contributed by atoms with Crippen LogP contribution in [-0.2, 0) is 8.85 Å². The van der Waals surface area contributed by atoms with Crippen molar-refractivity contribution < 1.29 is 14.0 Å². The molecule has 31 heavy (non-hydrogen) atoms. The molecule has 1 saturated heterocycles. The van der Waals surface area contributed by atoms with E-state index in [4.69, 9.17) is 8.85 Å². The molecular weight excluding hydrogens is 418 g/mol. The van der Waals surface area contributed by atoms with E-state index < -0.39 is 16.6 Å². The van der Waals surface area contributed by atoms with Gasteiger partial charge in [0.25, 0.3) is 0 Å². The summed E-state index contributed by atoms with van der Waals surface area (Å²) in [7, 11) is -4.03. The lowest BCUT2D eigenvalue weighted by Gasteiger charge is -2.44. The molecule has 1 aliphatic rings. The topological polar surface area (TPSA) is 41.9 Å². The molecule has 4 atom stereocenters. The van der Waals surface area contributed by atoms with Gasteiger partial charge in [0.1, 0.15) is 0 Å². The Labute approximate surface area is 193 Å². The van der Waals surface area contributed by atoms with Gasteiger partial charge in [-0.1, -0.05) is 71.9 Å². The monoisotopic (exact) mass is 465 g/mol. The second-order valence-electron chi connectivity index (χ2n) is 12.3. The quantitative estimate of drug-likeness (QED) is 0.486. The number of nitrogens with zero attached hydrogens (tertiary/aromatic N) is 1. The second-order valence-corrected chi connectivity index (χ2v) is 21.8. The van der Waals surface area contributed by atoms with Crippen LogP contribution in [0.25, 0.3) is 0 Å². The summed E-state index contributed by atoms with van der Waals surface area (Å²) in [5, 5.41) is 10.8. The first-order chi connectivity index (χ1) is 14.0. The minimum atomic E-state index is -2.04. The van der Waals surface area contributed by atoms with Crippen LogP contribution in [-0.4, -0.2) is 58.0 Å². The van der Waals surface area contributed by atoms with Crippen molar-refractivity contribution in [2.75, 3.05) is 13.2 Å². The Balaban J connectivity index is 2.42. The molecule has 1 fully saturated rings. The molecule has 0 radical (unpaired) electrons. The Kier molecular flexibility index (Phi) is 8.10. The van der Waals surface area contributed by atoms with Crippen LogP contribution < -0.4 is 0 Å². The van der Waals surface area contributed by atoms with Crippen LogP contribution in [0.4, 0.5) is 0 Å². The summed E-state index contributed by atoms with van der Waals surface area (Å²) in [6, 6.07) is 10.7. The van der Waals surface area contributed by atoms with Crippen molar-refractivity contribution in [1.82, 2.24) is 4.90 Å². The molecule has 0 bridgehead atoms. The third-order valence-corrected chi connectivity index (χ3v) is 17.0. The fourth-order valence-electron chi connectivity index (χ4n) is 3.79. The molecule has 1 aliphatic heterocycles. The first-order valence-corrected chi connectivity index (χ1v) is 17.6. The summed E-state index contributed by atoms with van der Waals surface area (Å²) in [6.45, 7) is 26.0. The van der Waals surface area contributed by atoms with E-state index in [0.29, 0.717) is 0 Å². The molecule has 0 unspecified atom stereocenters. The molecule has 178 valence electrons. The van der Waals surface area contributed by atoms with E-state index >= 15 is 0 Å². The van der Waals surface area contributed by atoms with E-state index in [1.165, 1.54) is 5.56 Å². The summed E-state index contributed by atoms with van der Waals surface area (Å²) in [5.74, 6) is 0. The third kappa shape index (κ3) is 5.90. The van der Waals surface area contributed by atoms with Gasteiger partial charge in [0, 0.05) is 12.6 Å². The number of hydrogen-bond acceptors (Lipinski definition) is 4. The highest BCUT2D eigenvalue weighted by molar-refractivity contribution is 6.74. The maximum Gasteiger partial charge on any atom is 0.192 e. The lowest BCUT2D eigenvalue weighted by Crippen LogP contribution is -2.53. The van der Waals surface area contributed by atoms with Crippen molar-refractivity contribution in [2.45, 2.75) is 109 Å². The van der Waals surface area contributed by atoms with E-state index in [9.17, 15) is 5.11 Å². The molecule has 1 aromatic rings. The average molecular weight is 466 g/mol. The average Bonchev–Trinajstić information content (AvgIpc) is 2.96. The molecule has 6 heteroatoms. The number of likely N-dealkylation sites (tertiary alicyclic amines) is 1. The van der Waals surface area contributed by atoms with Gasteiger partial charge in [0.05, 0.1) is 24.9 Å². The summed E-state index contributed by atoms with van der Waals surface area (Å²) in [6.07, 6.45) is -0.149. The molecule has 2 rings (SSSR count). The van der Waals surface area contributed by atoms with Gasteiger partial charge in [-0.25, -0.2) is 0 Å². The van der Waals surface area contributed by atoms with Crippen LogP contribution in [0.15, 0.2) is 30.3 Å². The maximum absolute atomic E-state index is 10.5. The van der Waals surface area contributed by atoms with E-state index in [-0.39, 0.29) is 41.0 Å². The van der Waals surface area contributed by atoms with Crippen molar-refractivity contribution in [3.63, 3.8) is 0 Å². The van der Waals surface area contributed by atoms with Gasteiger partial charge in [-0.2, -0.15) is 0 Å². The first kappa shape index (κ1) is 26.7. The van der Waals surface area contributed by atoms with Crippen LogP contribution in [0.5, 0.6) is 0 Å². The van der Waals surface area contributed by atoms with E-state index in [1.807, 2.05) is 0 Å². The van der Waals surface area contributed by atoms with Gasteiger partial charge in [0.2, 0.25) is 0 Å². The smallest absolute Gasteiger partial charge is 0.192 e. The number of aliphatic hydroxyl groups is 1. The number of rotatable bonds is 7. The van der Waals surface area contributed by atoms with Gasteiger partial charge < -0.3 is 14.0 Å². The van der Waals surface area contributed by atoms with Crippen LogP contribution in [0.1, 0.15) is 60.1 Å².